The number of hydrogen-bond donors (Lipinski definition) is 3. The second-order valence-electron chi connectivity index (χ2n) is 27.3. The Balaban J connectivity index is 5.46. The number of aliphatic hydroxyl groups excluding tert-OH is 1. The molecule has 0 radical (unpaired) electrons. The molecule has 0 heterocycles. The lowest BCUT2D eigenvalue weighted by Crippen LogP contribution is -2.30. The fraction of sp³-hybridized carbons (Fsp3) is 0.663. The van der Waals surface area contributed by atoms with Gasteiger partial charge < -0.3 is 33.8 Å². The fourth-order valence-corrected chi connectivity index (χ4v) is 12.3. The lowest BCUT2D eigenvalue weighted by Gasteiger charge is -2.21. The number of phosphoric acid groups is 2. The first kappa shape index (κ1) is 103. The summed E-state index contributed by atoms with van der Waals surface area (Å²) in [6.07, 6.45) is 93.6. The van der Waals surface area contributed by atoms with Crippen molar-refractivity contribution in [3.8, 4) is 0 Å². The number of carbonyl (C=O) groups is 4. The van der Waals surface area contributed by atoms with Crippen LogP contribution in [0.25, 0.3) is 0 Å². The zero-order chi connectivity index (χ0) is 78.9. The molecule has 0 aromatic heterocycles. The molecule has 0 fully saturated rings. The molecule has 0 aliphatic rings. The van der Waals surface area contributed by atoms with Gasteiger partial charge in [-0.05, 0) is 141 Å². The van der Waals surface area contributed by atoms with Gasteiger partial charge in [-0.25, -0.2) is 9.13 Å². The van der Waals surface area contributed by atoms with Crippen LogP contribution < -0.4 is 0 Å². The standard InChI is InChI=1S/C89H148O17P2/c1-5-9-13-17-21-25-29-33-37-40-41-44-47-50-54-58-62-66-70-74-87(92)100-79-84(105-88(93)75-71-67-63-59-55-51-45-36-32-28-24-20-16-12-8-4)81-103-107(95,96)101-77-83(90)78-102-108(97,98)104-82-85(106-89(94)76-72-68-64-60-56-52-48-43-39-35-31-27-23-19-15-11-7-3)80-99-86(91)73-69-65-61-57-53-49-46-42-38-34-30-26-22-18-14-10-6-2/h9-11,13-15,21-23,25-27,33-35,37-39,41,44,46,49-50,54,57,61,83-85,90H,5-8,12,16-20,24,28-32,36,40,42-43,45,47-48,51-53,55-56,58-60,62-82H2,1-4H3,(H,95,96)(H,97,98)/b13-9-,14-10-,15-11-,25-21-,26-22-,27-23-,37-33-,38-34-,39-35-,44-41-,49-46-,54-50-,61-57-. The van der Waals surface area contributed by atoms with Gasteiger partial charge in [0.15, 0.2) is 12.2 Å². The van der Waals surface area contributed by atoms with Crippen LogP contribution in [0.3, 0.4) is 0 Å². The van der Waals surface area contributed by atoms with E-state index in [0.717, 1.165) is 173 Å². The smallest absolute Gasteiger partial charge is 0.462 e. The summed E-state index contributed by atoms with van der Waals surface area (Å²) in [5, 5.41) is 10.7. The highest BCUT2D eigenvalue weighted by molar-refractivity contribution is 7.47. The minimum absolute atomic E-state index is 0.0664. The number of aliphatic hydroxyl groups is 1. The van der Waals surface area contributed by atoms with E-state index in [2.05, 4.69) is 174 Å². The number of ether oxygens (including phenoxy) is 4. The van der Waals surface area contributed by atoms with E-state index in [-0.39, 0.29) is 25.7 Å². The Morgan fingerprint density at radius 3 is 0.787 bits per heavy atom. The number of hydrogen-bond acceptors (Lipinski definition) is 15. The average Bonchev–Trinajstić information content (AvgIpc) is 0.901. The average molecular weight is 1550 g/mol. The maximum absolute atomic E-state index is 13.1. The third kappa shape index (κ3) is 78.8. The Bertz CT molecular complexity index is 2660. The monoisotopic (exact) mass is 1550 g/mol. The number of unbranched alkanes of at least 4 members (excludes halogenated alkanes) is 25. The van der Waals surface area contributed by atoms with Gasteiger partial charge in [-0.15, -0.1) is 0 Å². The van der Waals surface area contributed by atoms with Crippen LogP contribution >= 0.6 is 15.6 Å². The normalized spacial score (nSPS) is 14.6. The van der Waals surface area contributed by atoms with E-state index in [0.29, 0.717) is 32.1 Å². The number of carbonyl (C=O) groups excluding carboxylic acids is 4. The van der Waals surface area contributed by atoms with Gasteiger partial charge >= 0.3 is 39.5 Å². The molecule has 0 rings (SSSR count). The highest BCUT2D eigenvalue weighted by atomic mass is 31.2. The number of rotatable bonds is 77. The predicted molar refractivity (Wildman–Crippen MR) is 445 cm³/mol. The molecule has 0 saturated carbocycles. The predicted octanol–water partition coefficient (Wildman–Crippen LogP) is 24.8. The van der Waals surface area contributed by atoms with E-state index >= 15 is 0 Å². The fourth-order valence-electron chi connectivity index (χ4n) is 10.8. The van der Waals surface area contributed by atoms with Crippen molar-refractivity contribution < 1.29 is 80.2 Å². The molecule has 17 nitrogen and oxygen atoms in total. The van der Waals surface area contributed by atoms with Crippen molar-refractivity contribution in [2.45, 2.75) is 341 Å². The Morgan fingerprint density at radius 1 is 0.269 bits per heavy atom. The second kappa shape index (κ2) is 79.8. The van der Waals surface area contributed by atoms with Crippen molar-refractivity contribution in [2.75, 3.05) is 39.6 Å². The van der Waals surface area contributed by atoms with Crippen molar-refractivity contribution >= 4 is 39.5 Å². The van der Waals surface area contributed by atoms with Crippen molar-refractivity contribution in [1.82, 2.24) is 0 Å². The largest absolute Gasteiger partial charge is 0.472 e. The zero-order valence-electron chi connectivity index (χ0n) is 67.5. The maximum Gasteiger partial charge on any atom is 0.472 e. The number of esters is 4. The maximum atomic E-state index is 13.1. The van der Waals surface area contributed by atoms with Crippen LogP contribution in [0.15, 0.2) is 158 Å². The summed E-state index contributed by atoms with van der Waals surface area (Å²) >= 11 is 0. The molecule has 0 amide bonds. The lowest BCUT2D eigenvalue weighted by atomic mass is 10.0. The molecule has 3 N–H and O–H groups in total. The van der Waals surface area contributed by atoms with Gasteiger partial charge in [0.1, 0.15) is 19.3 Å². The summed E-state index contributed by atoms with van der Waals surface area (Å²) in [5.41, 5.74) is 0. The first-order valence-electron chi connectivity index (χ1n) is 41.7. The second-order valence-corrected chi connectivity index (χ2v) is 30.2. The summed E-state index contributed by atoms with van der Waals surface area (Å²) in [4.78, 5) is 73.2. The molecule has 19 heteroatoms. The highest BCUT2D eigenvalue weighted by Crippen LogP contribution is 2.45. The summed E-state index contributed by atoms with van der Waals surface area (Å²) < 4.78 is 68.7. The molecule has 0 aliphatic heterocycles. The first-order chi connectivity index (χ1) is 52.7. The van der Waals surface area contributed by atoms with Crippen molar-refractivity contribution in [2.24, 2.45) is 0 Å². The van der Waals surface area contributed by atoms with E-state index in [9.17, 15) is 43.2 Å². The third-order valence-electron chi connectivity index (χ3n) is 17.0. The van der Waals surface area contributed by atoms with Crippen molar-refractivity contribution in [3.05, 3.63) is 158 Å². The van der Waals surface area contributed by atoms with Crippen LogP contribution in [0.1, 0.15) is 323 Å². The van der Waals surface area contributed by atoms with Crippen LogP contribution in [0.5, 0.6) is 0 Å². The first-order valence-corrected chi connectivity index (χ1v) is 44.7. The van der Waals surface area contributed by atoms with E-state index in [1.807, 2.05) is 12.2 Å². The van der Waals surface area contributed by atoms with Gasteiger partial charge in [0.2, 0.25) is 0 Å². The van der Waals surface area contributed by atoms with Crippen LogP contribution in [-0.2, 0) is 65.4 Å². The molecular weight excluding hydrogens is 1400 g/mol. The Morgan fingerprint density at radius 2 is 0.491 bits per heavy atom. The van der Waals surface area contributed by atoms with Gasteiger partial charge in [-0.3, -0.25) is 37.3 Å². The molecule has 0 aromatic rings. The lowest BCUT2D eigenvalue weighted by molar-refractivity contribution is -0.161. The highest BCUT2D eigenvalue weighted by Gasteiger charge is 2.30. The van der Waals surface area contributed by atoms with Gasteiger partial charge in [0.25, 0.3) is 0 Å². The van der Waals surface area contributed by atoms with Crippen molar-refractivity contribution in [3.63, 3.8) is 0 Å². The Labute approximate surface area is 655 Å². The van der Waals surface area contributed by atoms with Crippen LogP contribution in [0.2, 0.25) is 0 Å². The van der Waals surface area contributed by atoms with E-state index < -0.39 is 97.5 Å². The van der Waals surface area contributed by atoms with Gasteiger partial charge in [-0.1, -0.05) is 314 Å². The van der Waals surface area contributed by atoms with Crippen molar-refractivity contribution in [1.29, 1.82) is 0 Å². The van der Waals surface area contributed by atoms with Gasteiger partial charge in [-0.2, -0.15) is 0 Å². The SMILES string of the molecule is CC/C=C\C/C=C\C/C=C\C/C=C\C/C=C\CCCCCC(=O)OCC(COP(=O)(O)OCC(O)COP(=O)(O)OCC(COC(=O)CCC/C=C\C/C=C\C/C=C\C/C=C\C/C=C\CC)OC(=O)CCCCCCCCC/C=C\C/C=C\C/C=C\CC)OC(=O)CCCCCCCCCCCCCCCCC. The molecule has 5 atom stereocenters. The van der Waals surface area contributed by atoms with E-state index in [4.69, 9.17) is 37.0 Å². The van der Waals surface area contributed by atoms with Crippen LogP contribution in [0.4, 0.5) is 0 Å². The number of allylic oxidation sites excluding steroid dienone is 26. The summed E-state index contributed by atoms with van der Waals surface area (Å²) in [6.45, 7) is 4.45. The summed E-state index contributed by atoms with van der Waals surface area (Å²) in [5.74, 6) is -2.29. The van der Waals surface area contributed by atoms with E-state index in [1.54, 1.807) is 0 Å². The molecular formula is C89H148O17P2. The van der Waals surface area contributed by atoms with E-state index in [1.165, 1.54) is 64.2 Å². The quantitative estimate of drug-likeness (QED) is 0.0169. The summed E-state index contributed by atoms with van der Waals surface area (Å²) in [6, 6.07) is 0. The molecule has 616 valence electrons. The van der Waals surface area contributed by atoms with Gasteiger partial charge in [0.05, 0.1) is 26.4 Å². The Kier molecular flexibility index (Phi) is 75.8. The minimum Gasteiger partial charge on any atom is -0.462 e. The molecule has 108 heavy (non-hydrogen) atoms. The van der Waals surface area contributed by atoms with Crippen LogP contribution in [-0.4, -0.2) is 96.7 Å². The minimum atomic E-state index is -5.00. The molecule has 0 aliphatic carbocycles. The molecule has 0 aromatic carbocycles. The molecule has 0 bridgehead atoms. The topological polar surface area (TPSA) is 237 Å². The summed E-state index contributed by atoms with van der Waals surface area (Å²) in [7, 11) is -10.00. The molecule has 0 spiro atoms. The number of phosphoric ester groups is 2. The third-order valence-corrected chi connectivity index (χ3v) is 18.9. The van der Waals surface area contributed by atoms with Gasteiger partial charge in [0, 0.05) is 25.7 Å². The van der Waals surface area contributed by atoms with Crippen LogP contribution in [0, 0.1) is 0 Å². The zero-order valence-corrected chi connectivity index (χ0v) is 69.3. The molecule has 5 unspecified atom stereocenters. The molecule has 0 saturated heterocycles. The Hall–Kier alpha value is -5.32.